The van der Waals surface area contributed by atoms with E-state index in [0.717, 1.165) is 31.0 Å². The number of nitrogens with one attached hydrogen (secondary N) is 2. The molecule has 7 heteroatoms. The van der Waals surface area contributed by atoms with Gasteiger partial charge in [-0.1, -0.05) is 12.1 Å². The van der Waals surface area contributed by atoms with E-state index in [1.165, 1.54) is 12.7 Å². The number of halogens is 1. The lowest BCUT2D eigenvalue weighted by atomic mass is 10.1. The highest BCUT2D eigenvalue weighted by atomic mass is 127. The normalized spacial score (nSPS) is 10.7. The topological polar surface area (TPSA) is 62.7 Å². The van der Waals surface area contributed by atoms with Crippen LogP contribution in [0.4, 0.5) is 0 Å². The molecule has 1 heterocycles. The number of thiophene rings is 1. The summed E-state index contributed by atoms with van der Waals surface area (Å²) in [5.41, 5.74) is 2.94. The third-order valence-electron chi connectivity index (χ3n) is 3.43. The fourth-order valence-electron chi connectivity index (χ4n) is 2.15. The summed E-state index contributed by atoms with van der Waals surface area (Å²) in [5.74, 6) is 0.504. The molecule has 2 N–H and O–H groups in total. The molecule has 0 spiro atoms. The maximum Gasteiger partial charge on any atom is 0.337 e. The molecule has 5 nitrogen and oxygen atoms in total. The summed E-state index contributed by atoms with van der Waals surface area (Å²) in [5, 5.41) is 10.7. The van der Waals surface area contributed by atoms with Crippen LogP contribution in [0.5, 0.6) is 0 Å². The zero-order valence-corrected chi connectivity index (χ0v) is 17.6. The number of guanidine groups is 1. The highest BCUT2D eigenvalue weighted by Crippen LogP contribution is 2.07. The van der Waals surface area contributed by atoms with Crippen molar-refractivity contribution in [2.24, 2.45) is 4.99 Å². The van der Waals surface area contributed by atoms with Crippen LogP contribution >= 0.6 is 35.3 Å². The number of carbonyl (C=O) groups excluding carboxylic acids is 1. The van der Waals surface area contributed by atoms with Gasteiger partial charge in [0.1, 0.15) is 0 Å². The van der Waals surface area contributed by atoms with E-state index in [4.69, 9.17) is 4.74 Å². The van der Waals surface area contributed by atoms with Gasteiger partial charge in [0.2, 0.25) is 0 Å². The number of rotatable bonds is 7. The Labute approximate surface area is 169 Å². The number of methoxy groups -OCH3 is 1. The first-order valence-corrected chi connectivity index (χ1v) is 8.87. The van der Waals surface area contributed by atoms with Gasteiger partial charge in [0, 0.05) is 13.1 Å². The fourth-order valence-corrected chi connectivity index (χ4v) is 2.81. The highest BCUT2D eigenvalue weighted by molar-refractivity contribution is 14.0. The Kier molecular flexibility index (Phi) is 10.2. The van der Waals surface area contributed by atoms with Gasteiger partial charge in [0.15, 0.2) is 5.96 Å². The van der Waals surface area contributed by atoms with Crippen molar-refractivity contribution in [1.29, 1.82) is 0 Å². The maximum atomic E-state index is 11.4. The van der Waals surface area contributed by atoms with E-state index in [1.54, 1.807) is 23.5 Å². The molecule has 0 fully saturated rings. The van der Waals surface area contributed by atoms with Crippen LogP contribution in [-0.2, 0) is 17.7 Å². The van der Waals surface area contributed by atoms with E-state index in [2.05, 4.69) is 32.5 Å². The molecule has 0 aliphatic carbocycles. The molecule has 0 atom stereocenters. The van der Waals surface area contributed by atoms with Gasteiger partial charge in [-0.25, -0.2) is 9.79 Å². The smallest absolute Gasteiger partial charge is 0.337 e. The lowest BCUT2D eigenvalue weighted by Crippen LogP contribution is -2.38. The lowest BCUT2D eigenvalue weighted by molar-refractivity contribution is 0.0600. The summed E-state index contributed by atoms with van der Waals surface area (Å²) in [6.07, 6.45) is 0.852. The molecule has 0 saturated heterocycles. The average molecular weight is 473 g/mol. The summed E-state index contributed by atoms with van der Waals surface area (Å²) < 4.78 is 4.70. The van der Waals surface area contributed by atoms with Crippen LogP contribution in [0, 0.1) is 0 Å². The molecular formula is C18H24IN3O2S. The van der Waals surface area contributed by atoms with Gasteiger partial charge in [0.05, 0.1) is 19.2 Å². The van der Waals surface area contributed by atoms with Crippen LogP contribution in [0.15, 0.2) is 46.1 Å². The van der Waals surface area contributed by atoms with Gasteiger partial charge >= 0.3 is 5.97 Å². The molecule has 0 amide bonds. The van der Waals surface area contributed by atoms with E-state index >= 15 is 0 Å². The van der Waals surface area contributed by atoms with Crippen LogP contribution < -0.4 is 10.6 Å². The minimum absolute atomic E-state index is 0. The first kappa shape index (κ1) is 21.4. The van der Waals surface area contributed by atoms with Crippen molar-refractivity contribution in [2.75, 3.05) is 20.2 Å². The van der Waals surface area contributed by atoms with Crippen molar-refractivity contribution in [3.8, 4) is 0 Å². The molecule has 0 aliphatic rings. The summed E-state index contributed by atoms with van der Waals surface area (Å²) >= 11 is 1.68. The standard InChI is InChI=1S/C18H23N3O2S.HI/c1-3-19-18(21-12-15-9-11-24-13-15)20-10-8-14-4-6-16(7-5-14)17(22)23-2;/h4-7,9,11,13H,3,8,10,12H2,1-2H3,(H2,19,20,21);1H. The quantitative estimate of drug-likeness (QED) is 0.280. The van der Waals surface area contributed by atoms with Gasteiger partial charge < -0.3 is 15.4 Å². The molecule has 0 bridgehead atoms. The molecule has 2 aromatic rings. The number of nitrogens with zero attached hydrogens (tertiary/aromatic N) is 1. The first-order chi connectivity index (χ1) is 11.7. The minimum Gasteiger partial charge on any atom is -0.465 e. The Balaban J connectivity index is 0.00000312. The van der Waals surface area contributed by atoms with Gasteiger partial charge in [-0.3, -0.25) is 0 Å². The summed E-state index contributed by atoms with van der Waals surface area (Å²) in [6.45, 7) is 4.32. The predicted molar refractivity (Wildman–Crippen MR) is 114 cm³/mol. The minimum atomic E-state index is -0.310. The van der Waals surface area contributed by atoms with E-state index in [1.807, 2.05) is 19.1 Å². The van der Waals surface area contributed by atoms with Gasteiger partial charge in [-0.05, 0) is 53.4 Å². The van der Waals surface area contributed by atoms with E-state index in [0.29, 0.717) is 12.1 Å². The van der Waals surface area contributed by atoms with Crippen molar-refractivity contribution in [1.82, 2.24) is 10.6 Å². The van der Waals surface area contributed by atoms with Crippen LogP contribution in [0.1, 0.15) is 28.4 Å². The summed E-state index contributed by atoms with van der Waals surface area (Å²) in [6, 6.07) is 9.56. The second-order valence-electron chi connectivity index (χ2n) is 5.19. The largest absolute Gasteiger partial charge is 0.465 e. The van der Waals surface area contributed by atoms with E-state index in [-0.39, 0.29) is 29.9 Å². The number of esters is 1. The Morgan fingerprint density at radius 1 is 1.16 bits per heavy atom. The predicted octanol–water partition coefficient (Wildman–Crippen LogP) is 3.45. The molecule has 0 saturated carbocycles. The number of hydrogen-bond acceptors (Lipinski definition) is 4. The van der Waals surface area contributed by atoms with Crippen molar-refractivity contribution in [3.05, 3.63) is 57.8 Å². The zero-order chi connectivity index (χ0) is 17.2. The number of ether oxygens (including phenoxy) is 1. The molecule has 1 aromatic carbocycles. The zero-order valence-electron chi connectivity index (χ0n) is 14.5. The lowest BCUT2D eigenvalue weighted by Gasteiger charge is -2.11. The molecule has 0 unspecified atom stereocenters. The third kappa shape index (κ3) is 7.43. The second-order valence-corrected chi connectivity index (χ2v) is 5.97. The molecule has 0 aliphatic heterocycles. The maximum absolute atomic E-state index is 11.4. The molecule has 136 valence electrons. The Hall–Kier alpha value is -1.61. The molecule has 0 radical (unpaired) electrons. The fraction of sp³-hybridized carbons (Fsp3) is 0.333. The van der Waals surface area contributed by atoms with E-state index in [9.17, 15) is 4.79 Å². The van der Waals surface area contributed by atoms with Crippen molar-refractivity contribution >= 4 is 47.2 Å². The Bertz CT molecular complexity index is 657. The summed E-state index contributed by atoms with van der Waals surface area (Å²) in [4.78, 5) is 16.0. The van der Waals surface area contributed by atoms with Gasteiger partial charge in [-0.15, -0.1) is 24.0 Å². The first-order valence-electron chi connectivity index (χ1n) is 7.93. The molecule has 1 aromatic heterocycles. The van der Waals surface area contributed by atoms with E-state index < -0.39 is 0 Å². The van der Waals surface area contributed by atoms with Gasteiger partial charge in [0.25, 0.3) is 0 Å². The van der Waals surface area contributed by atoms with Crippen molar-refractivity contribution < 1.29 is 9.53 Å². The second kappa shape index (κ2) is 11.9. The van der Waals surface area contributed by atoms with Crippen LogP contribution in [0.3, 0.4) is 0 Å². The molecule has 2 rings (SSSR count). The molecular weight excluding hydrogens is 449 g/mol. The number of aliphatic imine (C=N–C) groups is 1. The summed E-state index contributed by atoms with van der Waals surface area (Å²) in [7, 11) is 1.39. The van der Waals surface area contributed by atoms with Crippen LogP contribution in [0.2, 0.25) is 0 Å². The van der Waals surface area contributed by atoms with Crippen molar-refractivity contribution in [2.45, 2.75) is 19.9 Å². The average Bonchev–Trinajstić information content (AvgIpc) is 3.13. The van der Waals surface area contributed by atoms with Crippen LogP contribution in [-0.4, -0.2) is 32.1 Å². The van der Waals surface area contributed by atoms with Crippen LogP contribution in [0.25, 0.3) is 0 Å². The Morgan fingerprint density at radius 3 is 2.52 bits per heavy atom. The monoisotopic (exact) mass is 473 g/mol. The molecule has 25 heavy (non-hydrogen) atoms. The van der Waals surface area contributed by atoms with Crippen molar-refractivity contribution in [3.63, 3.8) is 0 Å². The third-order valence-corrected chi connectivity index (χ3v) is 4.16. The number of carbonyl (C=O) groups is 1. The number of benzene rings is 1. The highest BCUT2D eigenvalue weighted by Gasteiger charge is 2.04. The SMILES string of the molecule is CCNC(=NCc1ccsc1)NCCc1ccc(C(=O)OC)cc1.I. The Morgan fingerprint density at radius 2 is 1.92 bits per heavy atom. The van der Waals surface area contributed by atoms with Gasteiger partial charge in [-0.2, -0.15) is 11.3 Å². The number of hydrogen-bond donors (Lipinski definition) is 2.